The summed E-state index contributed by atoms with van der Waals surface area (Å²) in [5, 5.41) is 13.6. The third-order valence-corrected chi connectivity index (χ3v) is 5.21. The maximum absolute atomic E-state index is 12.6. The van der Waals surface area contributed by atoms with Crippen molar-refractivity contribution in [1.29, 1.82) is 0 Å². The highest BCUT2D eigenvalue weighted by Crippen LogP contribution is 2.41. The third-order valence-electron chi connectivity index (χ3n) is 4.32. The van der Waals surface area contributed by atoms with Gasteiger partial charge in [0, 0.05) is 16.8 Å². The molecule has 0 bridgehead atoms. The maximum Gasteiger partial charge on any atom is 0.271 e. The van der Waals surface area contributed by atoms with Crippen molar-refractivity contribution in [1.82, 2.24) is 4.90 Å². The molecule has 1 fully saturated rings. The molecule has 1 aromatic carbocycles. The van der Waals surface area contributed by atoms with E-state index in [-0.39, 0.29) is 28.2 Å². The van der Waals surface area contributed by atoms with Gasteiger partial charge in [-0.25, -0.2) is 0 Å². The van der Waals surface area contributed by atoms with E-state index < -0.39 is 5.91 Å². The predicted molar refractivity (Wildman–Crippen MR) is 107 cm³/mol. The van der Waals surface area contributed by atoms with Crippen LogP contribution < -0.4 is 5.32 Å². The Morgan fingerprint density at radius 1 is 1.15 bits per heavy atom. The normalized spacial score (nSPS) is 15.3. The first kappa shape index (κ1) is 20.4. The van der Waals surface area contributed by atoms with Crippen LogP contribution in [-0.2, 0) is 20.4 Å². The fourth-order valence-electron chi connectivity index (χ4n) is 2.78. The summed E-state index contributed by atoms with van der Waals surface area (Å²) in [6.45, 7) is 15.9. The van der Waals surface area contributed by atoms with Gasteiger partial charge in [-0.2, -0.15) is 0 Å². The quantitative estimate of drug-likeness (QED) is 0.619. The number of nitrogens with one attached hydrogen (secondary N) is 1. The molecule has 2 N–H and O–H groups in total. The molecule has 0 atom stereocenters. The summed E-state index contributed by atoms with van der Waals surface area (Å²) in [5.74, 6) is 0.556. The Morgan fingerprint density at radius 3 is 2.04 bits per heavy atom. The van der Waals surface area contributed by atoms with E-state index in [9.17, 15) is 14.7 Å². The van der Waals surface area contributed by atoms with Crippen LogP contribution in [0.25, 0.3) is 0 Å². The van der Waals surface area contributed by atoms with Gasteiger partial charge in [0.15, 0.2) is 0 Å². The molecule has 1 aromatic rings. The third kappa shape index (κ3) is 4.23. The minimum Gasteiger partial charge on any atom is -0.507 e. The van der Waals surface area contributed by atoms with Crippen molar-refractivity contribution in [3.63, 3.8) is 0 Å². The van der Waals surface area contributed by atoms with Crippen molar-refractivity contribution >= 4 is 29.3 Å². The van der Waals surface area contributed by atoms with Gasteiger partial charge in [0.25, 0.3) is 5.91 Å². The molecule has 6 heteroatoms. The van der Waals surface area contributed by atoms with Crippen LogP contribution in [0.4, 0.5) is 5.69 Å². The first-order valence-electron chi connectivity index (χ1n) is 8.58. The second kappa shape index (κ2) is 6.99. The number of phenols is 1. The number of rotatable bonds is 3. The van der Waals surface area contributed by atoms with E-state index in [1.54, 1.807) is 12.1 Å². The lowest BCUT2D eigenvalue weighted by molar-refractivity contribution is -0.127. The summed E-state index contributed by atoms with van der Waals surface area (Å²) < 4.78 is 0. The van der Waals surface area contributed by atoms with Gasteiger partial charge in [-0.1, -0.05) is 48.1 Å². The number of aromatic hydroxyl groups is 1. The lowest BCUT2D eigenvalue weighted by Gasteiger charge is -2.28. The van der Waals surface area contributed by atoms with Gasteiger partial charge in [0.1, 0.15) is 11.4 Å². The topological polar surface area (TPSA) is 69.6 Å². The van der Waals surface area contributed by atoms with Gasteiger partial charge >= 0.3 is 0 Å². The number of benzene rings is 1. The number of anilines is 1. The van der Waals surface area contributed by atoms with Gasteiger partial charge in [-0.15, -0.1) is 11.8 Å². The van der Waals surface area contributed by atoms with Gasteiger partial charge in [-0.3, -0.25) is 14.5 Å². The Bertz CT molecular complexity index is 722. The largest absolute Gasteiger partial charge is 0.507 e. The van der Waals surface area contributed by atoms with Crippen LogP contribution >= 0.6 is 11.8 Å². The van der Waals surface area contributed by atoms with Crippen molar-refractivity contribution in [2.45, 2.75) is 52.4 Å². The Kier molecular flexibility index (Phi) is 5.47. The summed E-state index contributed by atoms with van der Waals surface area (Å²) in [5.41, 5.74) is 1.68. The smallest absolute Gasteiger partial charge is 0.271 e. The highest BCUT2D eigenvalue weighted by Gasteiger charge is 2.29. The first-order valence-corrected chi connectivity index (χ1v) is 9.74. The Labute approximate surface area is 159 Å². The van der Waals surface area contributed by atoms with Gasteiger partial charge in [0.05, 0.1) is 11.6 Å². The average molecular weight is 377 g/mol. The molecule has 0 unspecified atom stereocenters. The number of carbonyl (C=O) groups excluding carboxylic acids is 2. The minimum absolute atomic E-state index is 0.105. The molecule has 1 heterocycles. The van der Waals surface area contributed by atoms with Crippen LogP contribution in [0.3, 0.4) is 0 Å². The molecule has 2 rings (SSSR count). The second-order valence-electron chi connectivity index (χ2n) is 8.62. The van der Waals surface area contributed by atoms with Crippen molar-refractivity contribution in [2.24, 2.45) is 0 Å². The average Bonchev–Trinajstić information content (AvgIpc) is 2.91. The van der Waals surface area contributed by atoms with E-state index in [2.05, 4.69) is 11.9 Å². The van der Waals surface area contributed by atoms with Gasteiger partial charge in [0.2, 0.25) is 5.91 Å². The molecule has 1 saturated heterocycles. The molecular formula is C20H28N2O3S. The fraction of sp³-hybridized carbons (Fsp3) is 0.500. The van der Waals surface area contributed by atoms with E-state index in [0.717, 1.165) is 11.1 Å². The highest BCUT2D eigenvalue weighted by molar-refractivity contribution is 8.00. The van der Waals surface area contributed by atoms with E-state index in [0.29, 0.717) is 17.3 Å². The molecular weight excluding hydrogens is 348 g/mol. The zero-order valence-corrected chi connectivity index (χ0v) is 17.2. The summed E-state index contributed by atoms with van der Waals surface area (Å²) in [6.07, 6.45) is 0. The van der Waals surface area contributed by atoms with Crippen LogP contribution in [0.5, 0.6) is 5.75 Å². The number of hydrogen-bond donors (Lipinski definition) is 2. The van der Waals surface area contributed by atoms with E-state index in [1.165, 1.54) is 16.7 Å². The standard InChI is InChI=1S/C20H28N2O3S/c1-12(22-11-26-10-16(22)23)18(25)21-13-8-14(19(2,3)4)17(24)15(9-13)20(5,6)7/h8-9,24H,1,10-11H2,2-7H3,(H,21,25). The molecule has 0 spiro atoms. The first-order chi connectivity index (χ1) is 11.8. The molecule has 142 valence electrons. The Hall–Kier alpha value is -1.95. The molecule has 0 aliphatic carbocycles. The summed E-state index contributed by atoms with van der Waals surface area (Å²) in [6, 6.07) is 3.58. The molecule has 26 heavy (non-hydrogen) atoms. The van der Waals surface area contributed by atoms with E-state index in [4.69, 9.17) is 0 Å². The number of hydrogen-bond acceptors (Lipinski definition) is 4. The zero-order valence-electron chi connectivity index (χ0n) is 16.4. The number of thioether (sulfide) groups is 1. The lowest BCUT2D eigenvalue weighted by Crippen LogP contribution is -2.31. The van der Waals surface area contributed by atoms with Crippen molar-refractivity contribution in [2.75, 3.05) is 16.9 Å². The Morgan fingerprint density at radius 2 is 1.65 bits per heavy atom. The minimum atomic E-state index is -0.411. The molecule has 5 nitrogen and oxygen atoms in total. The van der Waals surface area contributed by atoms with Gasteiger partial charge < -0.3 is 10.4 Å². The van der Waals surface area contributed by atoms with Crippen LogP contribution in [0.2, 0.25) is 0 Å². The predicted octanol–water partition coefficient (Wildman–Crippen LogP) is 3.97. The van der Waals surface area contributed by atoms with E-state index in [1.807, 2.05) is 41.5 Å². The van der Waals surface area contributed by atoms with Crippen molar-refractivity contribution in [3.8, 4) is 5.75 Å². The number of phenolic OH excluding ortho intramolecular Hbond substituents is 1. The SMILES string of the molecule is C=C(C(=O)Nc1cc(C(C)(C)C)c(O)c(C(C)(C)C)c1)N1CSCC1=O. The summed E-state index contributed by atoms with van der Waals surface area (Å²) >= 11 is 1.46. The van der Waals surface area contributed by atoms with Crippen molar-refractivity contribution < 1.29 is 14.7 Å². The second-order valence-corrected chi connectivity index (χ2v) is 9.58. The molecule has 0 saturated carbocycles. The molecule has 0 radical (unpaired) electrons. The van der Waals surface area contributed by atoms with Crippen LogP contribution in [0.1, 0.15) is 52.7 Å². The number of nitrogens with zero attached hydrogens (tertiary/aromatic N) is 1. The van der Waals surface area contributed by atoms with Crippen LogP contribution in [0, 0.1) is 0 Å². The van der Waals surface area contributed by atoms with E-state index >= 15 is 0 Å². The van der Waals surface area contributed by atoms with Crippen LogP contribution in [-0.4, -0.2) is 33.5 Å². The van der Waals surface area contributed by atoms with Gasteiger partial charge in [-0.05, 0) is 23.0 Å². The molecule has 2 amide bonds. The lowest BCUT2D eigenvalue weighted by atomic mass is 9.79. The summed E-state index contributed by atoms with van der Waals surface area (Å²) in [4.78, 5) is 25.8. The molecule has 1 aliphatic rings. The number of carbonyl (C=O) groups is 2. The summed E-state index contributed by atoms with van der Waals surface area (Å²) in [7, 11) is 0. The van der Waals surface area contributed by atoms with Crippen LogP contribution in [0.15, 0.2) is 24.4 Å². The monoisotopic (exact) mass is 376 g/mol. The zero-order chi connectivity index (χ0) is 19.9. The highest BCUT2D eigenvalue weighted by atomic mass is 32.2. The van der Waals surface area contributed by atoms with Crippen molar-refractivity contribution in [3.05, 3.63) is 35.5 Å². The number of amides is 2. The molecule has 0 aromatic heterocycles. The molecule has 1 aliphatic heterocycles. The Balaban J connectivity index is 2.38. The maximum atomic E-state index is 12.6. The fourth-order valence-corrected chi connectivity index (χ4v) is 3.68.